The molecule has 2 heteroatoms. The van der Waals surface area contributed by atoms with Crippen LogP contribution in [0.1, 0.15) is 44.4 Å². The minimum absolute atomic E-state index is 0.201. The summed E-state index contributed by atoms with van der Waals surface area (Å²) in [6.07, 6.45) is 7.91. The van der Waals surface area contributed by atoms with Crippen LogP contribution in [0.3, 0.4) is 0 Å². The van der Waals surface area contributed by atoms with Gasteiger partial charge < -0.3 is 0 Å². The Morgan fingerprint density at radius 1 is 1.12 bits per heavy atom. The average Bonchev–Trinajstić information content (AvgIpc) is 3.03. The van der Waals surface area contributed by atoms with Crippen molar-refractivity contribution >= 4 is 18.0 Å². The van der Waals surface area contributed by atoms with Crippen molar-refractivity contribution in [2.75, 3.05) is 0 Å². The average molecular weight is 342 g/mol. The first-order chi connectivity index (χ1) is 12.2. The molecule has 0 aromatic heterocycles. The van der Waals surface area contributed by atoms with E-state index in [4.69, 9.17) is 5.41 Å². The number of allylic oxidation sites excluding steroid dienone is 7. The van der Waals surface area contributed by atoms with Gasteiger partial charge in [-0.1, -0.05) is 83.4 Å². The normalized spacial score (nSPS) is 19.5. The van der Waals surface area contributed by atoms with E-state index in [2.05, 4.69) is 64.7 Å². The highest BCUT2D eigenvalue weighted by molar-refractivity contribution is 6.15. The lowest BCUT2D eigenvalue weighted by Crippen LogP contribution is -2.21. The Kier molecular flexibility index (Phi) is 4.11. The van der Waals surface area contributed by atoms with E-state index in [1.807, 2.05) is 30.4 Å². The van der Waals surface area contributed by atoms with Crippen molar-refractivity contribution in [2.45, 2.75) is 33.1 Å². The van der Waals surface area contributed by atoms with Crippen molar-refractivity contribution in [2.24, 2.45) is 10.4 Å². The lowest BCUT2D eigenvalue weighted by Gasteiger charge is -2.26. The Morgan fingerprint density at radius 3 is 2.38 bits per heavy atom. The van der Waals surface area contributed by atoms with E-state index in [0.29, 0.717) is 5.71 Å². The number of fused-ring (bicyclic) bond motifs is 1. The summed E-state index contributed by atoms with van der Waals surface area (Å²) in [7, 11) is 0. The molecule has 1 N–H and O–H groups in total. The Bertz CT molecular complexity index is 946. The van der Waals surface area contributed by atoms with Gasteiger partial charge in [0, 0.05) is 22.0 Å². The van der Waals surface area contributed by atoms with Crippen LogP contribution in [0.2, 0.25) is 0 Å². The van der Waals surface area contributed by atoms with E-state index in [0.717, 1.165) is 39.1 Å². The van der Waals surface area contributed by atoms with E-state index >= 15 is 0 Å². The maximum atomic E-state index is 8.96. The molecule has 0 radical (unpaired) electrons. The second-order valence-electron chi connectivity index (χ2n) is 7.94. The molecule has 26 heavy (non-hydrogen) atoms. The minimum Gasteiger partial charge on any atom is -0.300 e. The zero-order valence-corrected chi connectivity index (χ0v) is 16.1. The molecule has 0 saturated carbocycles. The lowest BCUT2D eigenvalue weighted by atomic mass is 9.77. The molecule has 0 heterocycles. The first kappa shape index (κ1) is 18.1. The number of nitrogens with zero attached hydrogens (tertiary/aromatic N) is 1. The molecule has 0 atom stereocenters. The molecule has 3 rings (SSSR count). The molecule has 0 unspecified atom stereocenters. The number of nitrogens with one attached hydrogen (secondary N) is 1. The predicted octanol–water partition coefficient (Wildman–Crippen LogP) is 6.02. The summed E-state index contributed by atoms with van der Waals surface area (Å²) in [6.45, 7) is 20.3. The summed E-state index contributed by atoms with van der Waals surface area (Å²) in [5, 5.41) is 8.96. The monoisotopic (exact) mass is 342 g/mol. The quantitative estimate of drug-likeness (QED) is 0.635. The van der Waals surface area contributed by atoms with Crippen LogP contribution in [0.25, 0.3) is 5.57 Å². The molecule has 1 aromatic rings. The van der Waals surface area contributed by atoms with Crippen LogP contribution in [0.5, 0.6) is 0 Å². The highest BCUT2D eigenvalue weighted by Crippen LogP contribution is 2.49. The Balaban J connectivity index is 2.25. The number of aliphatic imine (C=N–C) groups is 1. The van der Waals surface area contributed by atoms with Crippen LogP contribution in [0, 0.1) is 10.8 Å². The van der Waals surface area contributed by atoms with Crippen molar-refractivity contribution in [3.05, 3.63) is 89.2 Å². The highest BCUT2D eigenvalue weighted by atomic mass is 14.8. The molecule has 0 spiro atoms. The van der Waals surface area contributed by atoms with E-state index in [-0.39, 0.29) is 10.8 Å². The number of benzene rings is 1. The van der Waals surface area contributed by atoms with Crippen LogP contribution in [-0.2, 0) is 5.41 Å². The standard InChI is InChI=1S/C24H26N2/c1-8-15-16-11-10-12-17(20(16)24(5,6)19(15)9-2)21(25)18-13-14-23(3,4)22(18)26-7/h8-14,25H,1-2,7H2,3-6H3. The molecule has 0 fully saturated rings. The molecular formula is C24H26N2. The molecular weight excluding hydrogens is 316 g/mol. The zero-order chi connectivity index (χ0) is 19.3. The van der Waals surface area contributed by atoms with Gasteiger partial charge in [0.25, 0.3) is 0 Å². The smallest absolute Gasteiger partial charge is 0.0706 e. The van der Waals surface area contributed by atoms with E-state index in [1.165, 1.54) is 0 Å². The van der Waals surface area contributed by atoms with Gasteiger partial charge in [0.05, 0.1) is 11.4 Å². The molecule has 0 amide bonds. The van der Waals surface area contributed by atoms with Gasteiger partial charge in [0.1, 0.15) is 0 Å². The number of hydrogen-bond acceptors (Lipinski definition) is 2. The van der Waals surface area contributed by atoms with Crippen molar-refractivity contribution < 1.29 is 0 Å². The molecule has 2 aliphatic rings. The first-order valence-electron chi connectivity index (χ1n) is 8.84. The Hall–Kier alpha value is -2.74. The van der Waals surface area contributed by atoms with Crippen molar-refractivity contribution in [3.63, 3.8) is 0 Å². The summed E-state index contributed by atoms with van der Waals surface area (Å²) in [5.41, 5.74) is 7.25. The van der Waals surface area contributed by atoms with Crippen LogP contribution in [-0.4, -0.2) is 12.4 Å². The van der Waals surface area contributed by atoms with Crippen LogP contribution >= 0.6 is 0 Å². The molecule has 0 bridgehead atoms. The number of rotatable bonds is 5. The predicted molar refractivity (Wildman–Crippen MR) is 113 cm³/mol. The van der Waals surface area contributed by atoms with Gasteiger partial charge in [0.15, 0.2) is 0 Å². The summed E-state index contributed by atoms with van der Waals surface area (Å²) in [5.74, 6) is 0. The summed E-state index contributed by atoms with van der Waals surface area (Å²) in [6, 6.07) is 6.15. The fraction of sp³-hybridized carbons (Fsp3) is 0.250. The van der Waals surface area contributed by atoms with Crippen LogP contribution in [0.15, 0.2) is 77.5 Å². The lowest BCUT2D eigenvalue weighted by molar-refractivity contribution is 0.584. The van der Waals surface area contributed by atoms with Gasteiger partial charge >= 0.3 is 0 Å². The minimum atomic E-state index is -0.232. The maximum Gasteiger partial charge on any atom is 0.0706 e. The molecule has 1 aromatic carbocycles. The Morgan fingerprint density at radius 2 is 1.81 bits per heavy atom. The van der Waals surface area contributed by atoms with Crippen molar-refractivity contribution in [1.29, 1.82) is 5.41 Å². The molecule has 132 valence electrons. The highest BCUT2D eigenvalue weighted by Gasteiger charge is 2.39. The molecule has 2 aliphatic carbocycles. The van der Waals surface area contributed by atoms with Gasteiger partial charge in [-0.25, -0.2) is 0 Å². The van der Waals surface area contributed by atoms with E-state index < -0.39 is 0 Å². The van der Waals surface area contributed by atoms with Crippen molar-refractivity contribution in [1.82, 2.24) is 0 Å². The third-order valence-electron chi connectivity index (χ3n) is 5.58. The maximum absolute atomic E-state index is 8.96. The van der Waals surface area contributed by atoms with Crippen molar-refractivity contribution in [3.8, 4) is 0 Å². The summed E-state index contributed by atoms with van der Waals surface area (Å²) in [4.78, 5) is 4.24. The van der Waals surface area contributed by atoms with Gasteiger partial charge in [0.2, 0.25) is 0 Å². The third kappa shape index (κ3) is 2.33. The van der Waals surface area contributed by atoms with Gasteiger partial charge in [-0.15, -0.1) is 0 Å². The zero-order valence-electron chi connectivity index (χ0n) is 16.1. The molecule has 2 nitrogen and oxygen atoms in total. The van der Waals surface area contributed by atoms with Gasteiger partial charge in [-0.05, 0) is 29.0 Å². The second kappa shape index (κ2) is 5.91. The topological polar surface area (TPSA) is 36.2 Å². The SMILES string of the molecule is C=CC1=C(C=C)C(C)(C)c2c(C(=N)C3=C(N=C)C(C)(C)C=C3)cccc21. The Labute approximate surface area is 156 Å². The molecule has 0 saturated heterocycles. The first-order valence-corrected chi connectivity index (χ1v) is 8.84. The van der Waals surface area contributed by atoms with E-state index in [1.54, 1.807) is 0 Å². The van der Waals surface area contributed by atoms with E-state index in [9.17, 15) is 0 Å². The van der Waals surface area contributed by atoms with Gasteiger partial charge in [-0.2, -0.15) is 0 Å². The summed E-state index contributed by atoms with van der Waals surface area (Å²) >= 11 is 0. The van der Waals surface area contributed by atoms with Crippen LogP contribution in [0.4, 0.5) is 0 Å². The van der Waals surface area contributed by atoms with Gasteiger partial charge in [-0.3, -0.25) is 10.4 Å². The largest absolute Gasteiger partial charge is 0.300 e. The second-order valence-corrected chi connectivity index (χ2v) is 7.94. The fourth-order valence-corrected chi connectivity index (χ4v) is 4.29. The number of hydrogen-bond donors (Lipinski definition) is 1. The summed E-state index contributed by atoms with van der Waals surface area (Å²) < 4.78 is 0. The molecule has 0 aliphatic heterocycles. The van der Waals surface area contributed by atoms with Crippen LogP contribution < -0.4 is 0 Å². The fourth-order valence-electron chi connectivity index (χ4n) is 4.29. The third-order valence-corrected chi connectivity index (χ3v) is 5.58.